The summed E-state index contributed by atoms with van der Waals surface area (Å²) in [4.78, 5) is 26.4. The number of benzene rings is 2. The number of imidazole rings is 1. The quantitative estimate of drug-likeness (QED) is 0.351. The lowest BCUT2D eigenvalue weighted by Gasteiger charge is -2.22. The van der Waals surface area contributed by atoms with E-state index in [2.05, 4.69) is 4.18 Å². The monoisotopic (exact) mass is 614 g/mol. The van der Waals surface area contributed by atoms with Gasteiger partial charge in [-0.1, -0.05) is 0 Å². The predicted molar refractivity (Wildman–Crippen MR) is 129 cm³/mol. The van der Waals surface area contributed by atoms with Gasteiger partial charge in [-0.25, -0.2) is 14.0 Å². The second-order valence-corrected chi connectivity index (χ2v) is 10.3. The Bertz CT molecular complexity index is 1580. The first-order chi connectivity index (χ1) is 18.8. The normalized spacial score (nSPS) is 12.6. The SMILES string of the molecule is CN(C(=O)Oc1c(-n2ccn(CCOS(=O)(=O)N(C)C)c2=O)cc(C(F)(F)F)cc1C(F)(F)F)c1ccc(F)cc1. The fourth-order valence-electron chi connectivity index (χ4n) is 3.31. The summed E-state index contributed by atoms with van der Waals surface area (Å²) >= 11 is 0. The molecular formula is C23H21F7N4O6S. The molecule has 1 amide bonds. The third-order valence-corrected chi connectivity index (χ3v) is 6.86. The number of carbonyl (C=O) groups is 1. The number of aromatic nitrogens is 2. The molecule has 0 aliphatic heterocycles. The molecule has 3 aromatic rings. The maximum Gasteiger partial charge on any atom is 0.420 e. The van der Waals surface area contributed by atoms with Gasteiger partial charge in [-0.3, -0.25) is 18.2 Å². The molecule has 2 aromatic carbocycles. The van der Waals surface area contributed by atoms with Crippen molar-refractivity contribution in [3.8, 4) is 11.4 Å². The largest absolute Gasteiger partial charge is 0.420 e. The number of carbonyl (C=O) groups excluding carboxylic acids is 1. The van der Waals surface area contributed by atoms with Crippen molar-refractivity contribution in [2.75, 3.05) is 32.6 Å². The van der Waals surface area contributed by atoms with Crippen LogP contribution in [0.2, 0.25) is 0 Å². The van der Waals surface area contributed by atoms with E-state index in [9.17, 15) is 48.7 Å². The Morgan fingerprint density at radius 3 is 2.10 bits per heavy atom. The van der Waals surface area contributed by atoms with Gasteiger partial charge in [0, 0.05) is 39.2 Å². The first-order valence-corrected chi connectivity index (χ1v) is 12.6. The second kappa shape index (κ2) is 11.5. The third-order valence-electron chi connectivity index (χ3n) is 5.50. The molecular weight excluding hydrogens is 593 g/mol. The minimum atomic E-state index is -5.49. The van der Waals surface area contributed by atoms with Gasteiger partial charge in [0.1, 0.15) is 11.4 Å². The average Bonchev–Trinajstić information content (AvgIpc) is 3.22. The standard InChI is InChI=1S/C23H21F7N4O6S/c1-31(2)41(37,38)39-11-10-33-8-9-34(20(33)35)18-13-14(22(25,26)27)12-17(23(28,29)30)19(18)40-21(36)32(3)16-6-4-15(24)5-7-16/h4-9,12-13H,10-11H2,1-3H3. The van der Waals surface area contributed by atoms with Crippen molar-refractivity contribution in [1.82, 2.24) is 13.4 Å². The van der Waals surface area contributed by atoms with Crippen molar-refractivity contribution < 1.29 is 52.9 Å². The van der Waals surface area contributed by atoms with E-state index in [-0.39, 0.29) is 17.8 Å². The molecule has 10 nitrogen and oxygen atoms in total. The van der Waals surface area contributed by atoms with Crippen LogP contribution in [0.1, 0.15) is 11.1 Å². The number of hydrogen-bond donors (Lipinski definition) is 0. The summed E-state index contributed by atoms with van der Waals surface area (Å²) in [7, 11) is -0.760. The van der Waals surface area contributed by atoms with Crippen molar-refractivity contribution in [3.05, 3.63) is 76.2 Å². The van der Waals surface area contributed by atoms with Gasteiger partial charge < -0.3 is 4.74 Å². The molecule has 0 saturated carbocycles. The van der Waals surface area contributed by atoms with E-state index in [0.29, 0.717) is 9.47 Å². The van der Waals surface area contributed by atoms with E-state index in [4.69, 9.17) is 4.74 Å². The molecule has 0 atom stereocenters. The number of alkyl halides is 6. The summed E-state index contributed by atoms with van der Waals surface area (Å²) in [6, 6.07) is 4.00. The molecule has 18 heteroatoms. The molecule has 0 unspecified atom stereocenters. The number of amides is 1. The van der Waals surface area contributed by atoms with E-state index in [1.54, 1.807) is 0 Å². The summed E-state index contributed by atoms with van der Waals surface area (Å²) in [6.45, 7) is -1.07. The van der Waals surface area contributed by atoms with Crippen LogP contribution in [0.25, 0.3) is 5.69 Å². The van der Waals surface area contributed by atoms with Crippen LogP contribution >= 0.6 is 0 Å². The smallest absolute Gasteiger partial charge is 0.407 e. The van der Waals surface area contributed by atoms with E-state index in [1.165, 1.54) is 14.1 Å². The van der Waals surface area contributed by atoms with Crippen molar-refractivity contribution in [2.45, 2.75) is 18.9 Å². The van der Waals surface area contributed by atoms with Crippen LogP contribution in [-0.4, -0.2) is 55.7 Å². The molecule has 224 valence electrons. The lowest BCUT2D eigenvalue weighted by Crippen LogP contribution is -2.32. The Balaban J connectivity index is 2.12. The highest BCUT2D eigenvalue weighted by molar-refractivity contribution is 7.84. The fraction of sp³-hybridized carbons (Fsp3) is 0.304. The zero-order valence-electron chi connectivity index (χ0n) is 21.3. The number of anilines is 1. The number of ether oxygens (including phenoxy) is 1. The van der Waals surface area contributed by atoms with Crippen LogP contribution in [0.3, 0.4) is 0 Å². The Kier molecular flexibility index (Phi) is 8.90. The third kappa shape index (κ3) is 7.25. The fourth-order valence-corrected chi connectivity index (χ4v) is 3.81. The second-order valence-electron chi connectivity index (χ2n) is 8.48. The molecule has 41 heavy (non-hydrogen) atoms. The summed E-state index contributed by atoms with van der Waals surface area (Å²) in [6.07, 6.45) is -10.5. The molecule has 0 N–H and O–H groups in total. The minimum Gasteiger partial charge on any atom is -0.407 e. The van der Waals surface area contributed by atoms with Gasteiger partial charge in [0.05, 0.1) is 24.4 Å². The molecule has 3 rings (SSSR count). The molecule has 1 heterocycles. The van der Waals surface area contributed by atoms with Gasteiger partial charge in [-0.05, 0) is 36.4 Å². The highest BCUT2D eigenvalue weighted by Crippen LogP contribution is 2.44. The van der Waals surface area contributed by atoms with Gasteiger partial charge in [0.25, 0.3) is 0 Å². The van der Waals surface area contributed by atoms with Gasteiger partial charge in [0.2, 0.25) is 0 Å². The number of halogens is 7. The van der Waals surface area contributed by atoms with Crippen molar-refractivity contribution in [3.63, 3.8) is 0 Å². The van der Waals surface area contributed by atoms with Gasteiger partial charge in [-0.15, -0.1) is 0 Å². The van der Waals surface area contributed by atoms with Gasteiger partial charge in [-0.2, -0.15) is 39.1 Å². The Morgan fingerprint density at radius 2 is 1.56 bits per heavy atom. The average molecular weight is 614 g/mol. The van der Waals surface area contributed by atoms with Gasteiger partial charge >= 0.3 is 34.4 Å². The van der Waals surface area contributed by atoms with Crippen LogP contribution < -0.4 is 15.3 Å². The molecule has 0 saturated heterocycles. The predicted octanol–water partition coefficient (Wildman–Crippen LogP) is 4.27. The minimum absolute atomic E-state index is 0.0329. The molecule has 0 bridgehead atoms. The van der Waals surface area contributed by atoms with E-state index in [0.717, 1.165) is 52.6 Å². The van der Waals surface area contributed by atoms with E-state index < -0.39 is 76.0 Å². The zero-order valence-corrected chi connectivity index (χ0v) is 22.1. The Morgan fingerprint density at radius 1 is 0.951 bits per heavy atom. The van der Waals surface area contributed by atoms with E-state index in [1.807, 2.05) is 0 Å². The number of rotatable bonds is 8. The number of hydrogen-bond acceptors (Lipinski definition) is 6. The Labute approximate surface area is 228 Å². The van der Waals surface area contributed by atoms with Crippen molar-refractivity contribution >= 4 is 22.1 Å². The topological polar surface area (TPSA) is 103 Å². The molecule has 0 aliphatic carbocycles. The highest BCUT2D eigenvalue weighted by atomic mass is 32.2. The van der Waals surface area contributed by atoms with Gasteiger partial charge in [0.15, 0.2) is 5.75 Å². The van der Waals surface area contributed by atoms with Crippen LogP contribution in [0, 0.1) is 5.82 Å². The lowest BCUT2D eigenvalue weighted by atomic mass is 10.1. The van der Waals surface area contributed by atoms with Crippen LogP contribution in [0.15, 0.2) is 53.6 Å². The van der Waals surface area contributed by atoms with E-state index >= 15 is 0 Å². The molecule has 0 radical (unpaired) electrons. The maximum atomic E-state index is 14.0. The molecule has 0 fully saturated rings. The summed E-state index contributed by atoms with van der Waals surface area (Å²) < 4.78 is 131. The van der Waals surface area contributed by atoms with Crippen molar-refractivity contribution in [1.29, 1.82) is 0 Å². The molecule has 1 aromatic heterocycles. The maximum absolute atomic E-state index is 14.0. The number of nitrogens with zero attached hydrogens (tertiary/aromatic N) is 4. The zero-order chi connectivity index (χ0) is 30.9. The highest BCUT2D eigenvalue weighted by Gasteiger charge is 2.42. The summed E-state index contributed by atoms with van der Waals surface area (Å²) in [5.41, 5.74) is -6.13. The molecule has 0 spiro atoms. The van der Waals surface area contributed by atoms with Crippen LogP contribution in [-0.2, 0) is 33.4 Å². The molecule has 0 aliphatic rings. The van der Waals surface area contributed by atoms with Crippen molar-refractivity contribution in [2.24, 2.45) is 0 Å². The summed E-state index contributed by atoms with van der Waals surface area (Å²) in [5.74, 6) is -2.11. The van der Waals surface area contributed by atoms with Crippen LogP contribution in [0.4, 0.5) is 41.2 Å². The lowest BCUT2D eigenvalue weighted by molar-refractivity contribution is -0.143. The van der Waals surface area contributed by atoms with Crippen LogP contribution in [0.5, 0.6) is 5.75 Å². The Hall–Kier alpha value is -3.90. The first-order valence-electron chi connectivity index (χ1n) is 11.2. The summed E-state index contributed by atoms with van der Waals surface area (Å²) in [5, 5.41) is 0. The first kappa shape index (κ1) is 31.6.